The Morgan fingerprint density at radius 1 is 0.544 bits per heavy atom. The van der Waals surface area contributed by atoms with E-state index in [1.807, 2.05) is 67.5 Å². The van der Waals surface area contributed by atoms with Gasteiger partial charge in [0.25, 0.3) is 43.0 Å². The highest BCUT2D eigenvalue weighted by molar-refractivity contribution is 7.86. The van der Waals surface area contributed by atoms with Crippen molar-refractivity contribution in [2.75, 3.05) is 12.5 Å². The molecular weight excluding hydrogens is 925 g/mol. The molecule has 5 rings (SSSR count). The highest BCUT2D eigenvalue weighted by Crippen LogP contribution is 2.38. The lowest BCUT2D eigenvalue weighted by Crippen LogP contribution is -2.18. The summed E-state index contributed by atoms with van der Waals surface area (Å²) in [6, 6.07) is 17.7. The molecule has 4 aromatic carbocycles. The Hall–Kier alpha value is -5.78. The third-order valence-electron chi connectivity index (χ3n) is 9.58. The van der Waals surface area contributed by atoms with Gasteiger partial charge >= 0.3 is 0 Å². The van der Waals surface area contributed by atoms with E-state index in [1.165, 1.54) is 67.7 Å². The second-order valence-corrected chi connectivity index (χ2v) is 17.3. The van der Waals surface area contributed by atoms with Crippen LogP contribution in [0.25, 0.3) is 0 Å². The van der Waals surface area contributed by atoms with Crippen LogP contribution < -0.4 is 11.5 Å². The van der Waals surface area contributed by atoms with Crippen molar-refractivity contribution in [3.63, 3.8) is 0 Å². The molecule has 20 nitrogen and oxygen atoms in total. The predicted octanol–water partition coefficient (Wildman–Crippen LogP) is 12.2. The average molecular weight is 997 g/mol. The number of nitrogens with one attached hydrogen (secondary N) is 1. The van der Waals surface area contributed by atoms with Gasteiger partial charge in [-0.15, -0.1) is 0 Å². The molecule has 0 saturated carbocycles. The lowest BCUT2D eigenvalue weighted by molar-refractivity contribution is -0.385. The quantitative estimate of drug-likeness (QED) is 0.0635. The van der Waals surface area contributed by atoms with Gasteiger partial charge in [-0.1, -0.05) is 104 Å². The number of nitro benzene ring substituents is 4. The van der Waals surface area contributed by atoms with E-state index in [1.54, 1.807) is 26.0 Å². The first-order valence-corrected chi connectivity index (χ1v) is 25.5. The van der Waals surface area contributed by atoms with Crippen LogP contribution in [0.2, 0.25) is 2.82 Å². The van der Waals surface area contributed by atoms with Gasteiger partial charge in [0.05, 0.1) is 32.2 Å². The predicted molar refractivity (Wildman–Crippen MR) is 266 cm³/mol. The molecule has 0 aromatic heterocycles. The first kappa shape index (κ1) is 60.2. The van der Waals surface area contributed by atoms with Crippen LogP contribution in [-0.2, 0) is 28.6 Å². The number of nitrogens with zero attached hydrogens (tertiary/aromatic N) is 4. The molecule has 380 valence electrons. The largest absolute Gasteiger partial charge is 0.344 e. The van der Waals surface area contributed by atoms with E-state index in [9.17, 15) is 57.3 Å². The van der Waals surface area contributed by atoms with Gasteiger partial charge in [-0.3, -0.25) is 48.8 Å². The fourth-order valence-corrected chi connectivity index (χ4v) is 7.82. The summed E-state index contributed by atoms with van der Waals surface area (Å²) in [5.41, 5.74) is 3.33. The fourth-order valence-electron chi connectivity index (χ4n) is 6.56. The molecule has 4 unspecified atom stereocenters. The fraction of sp³-hybridized carbons (Fsp3) is 0.478. The van der Waals surface area contributed by atoms with Crippen LogP contribution in [0, 0.1) is 68.2 Å². The molecule has 4 aromatic rings. The molecular formula is C46H70N6O14S2. The molecule has 1 aliphatic rings. The molecule has 0 amide bonds. The molecule has 4 atom stereocenters. The standard InChI is InChI=1S/C20H24N2O10S2.C18H19N3O4.4C2H6.H3N/c1-13-5-7-15(11-17(13)21(23)24)19(31-33(3,27)28)9-10-20(32-34(4,29)30)16-8-6-14(2)18(12-16)22(25)26;1-11-3-5-13(9-17(11)20(22)23)15-7-8-16(19-15)14-6-4-12(2)18(10-14)21(24)25;4*1-2;/h5-8,11-12,19-20H,9-10H2,1-4H3;3-6,9-10,15-16,19H,7-8H2,1-2H3;4*1-2H3;1H3/i/hD2. The summed E-state index contributed by atoms with van der Waals surface area (Å²) in [7, 11) is -8.01. The molecule has 4 N–H and O–H groups in total. The third kappa shape index (κ3) is 20.2. The molecule has 0 radical (unpaired) electrons. The highest BCUT2D eigenvalue weighted by atomic mass is 32.2. The summed E-state index contributed by atoms with van der Waals surface area (Å²) >= 11 is 0. The normalized spacial score (nSPS) is 15.2. The van der Waals surface area contributed by atoms with Crippen molar-refractivity contribution in [1.82, 2.24) is 11.5 Å². The van der Waals surface area contributed by atoms with Crippen molar-refractivity contribution in [3.8, 4) is 0 Å². The maximum absolute atomic E-state index is 11.8. The number of aryl methyl sites for hydroxylation is 4. The maximum Gasteiger partial charge on any atom is 0.272 e. The van der Waals surface area contributed by atoms with Crippen molar-refractivity contribution in [3.05, 3.63) is 158 Å². The van der Waals surface area contributed by atoms with Crippen molar-refractivity contribution in [2.45, 2.75) is 133 Å². The first-order chi connectivity index (χ1) is 32.9. The van der Waals surface area contributed by atoms with Gasteiger partial charge in [0.2, 0.25) is 0 Å². The number of rotatable bonds is 15. The Bertz CT molecular complexity index is 2380. The molecule has 0 aliphatic carbocycles. The molecule has 1 aliphatic heterocycles. The second kappa shape index (κ2) is 30.6. The number of nitro groups is 4. The van der Waals surface area contributed by atoms with E-state index in [4.69, 9.17) is 11.2 Å². The van der Waals surface area contributed by atoms with Gasteiger partial charge in [-0.25, -0.2) is 0 Å². The van der Waals surface area contributed by atoms with Crippen molar-refractivity contribution < 1.29 is 47.7 Å². The third-order valence-corrected chi connectivity index (χ3v) is 10.7. The minimum absolute atomic E-state index is 0.0466. The molecule has 1 fully saturated rings. The smallest absolute Gasteiger partial charge is 0.272 e. The second-order valence-electron chi connectivity index (χ2n) is 14.1. The Labute approximate surface area is 404 Å². The zero-order valence-corrected chi connectivity index (χ0v) is 43.0. The van der Waals surface area contributed by atoms with E-state index in [0.29, 0.717) is 35.1 Å². The van der Waals surface area contributed by atoms with Crippen LogP contribution in [0.15, 0.2) is 72.8 Å². The number of hydrogen-bond acceptors (Lipinski definition) is 16. The average Bonchev–Trinajstić information content (AvgIpc) is 3.71. The van der Waals surface area contributed by atoms with Crippen molar-refractivity contribution in [2.24, 2.45) is 0 Å². The lowest BCUT2D eigenvalue weighted by Gasteiger charge is -2.21. The minimum Gasteiger partial charge on any atom is -0.344 e. The minimum atomic E-state index is -4.00. The van der Waals surface area contributed by atoms with Gasteiger partial charge in [-0.2, -0.15) is 16.8 Å². The topological polar surface area (TPSA) is 306 Å². The monoisotopic (exact) mass is 996 g/mol. The molecule has 0 spiro atoms. The Morgan fingerprint density at radius 2 is 0.794 bits per heavy atom. The van der Waals surface area contributed by atoms with Crippen LogP contribution in [0.4, 0.5) is 22.7 Å². The SMILES string of the molecule is CC.CC.CC.CC.Cc1ccc(C(CCC(OS(C)(=O)=O)c2ccc(C)c([N+](=O)[O-])c2)OS(C)(=O)=O)cc1[N+](=O)[O-].[2H]N.[2H]N1C(c2ccc(C)c([N+](=O)[O-])c2)CCC1c1ccc(C)c([N+](=O)[O-])c1. The number of hydrogen-bond donors (Lipinski definition) is 2. The van der Waals surface area contributed by atoms with Gasteiger partial charge in [0.15, 0.2) is 0 Å². The van der Waals surface area contributed by atoms with Crippen LogP contribution >= 0.6 is 0 Å². The van der Waals surface area contributed by atoms with Gasteiger partial charge in [0, 0.05) is 58.6 Å². The van der Waals surface area contributed by atoms with Crippen LogP contribution in [0.1, 0.15) is 150 Å². The van der Waals surface area contributed by atoms with Gasteiger partial charge < -0.3 is 11.5 Å². The summed E-state index contributed by atoms with van der Waals surface area (Å²) in [6.07, 6.45) is 4.06. The van der Waals surface area contributed by atoms with Crippen molar-refractivity contribution >= 4 is 43.0 Å². The van der Waals surface area contributed by atoms with Crippen molar-refractivity contribution in [1.29, 1.82) is 0 Å². The molecule has 1 heterocycles. The molecule has 68 heavy (non-hydrogen) atoms. The van der Waals surface area contributed by atoms with E-state index >= 15 is 0 Å². The van der Waals surface area contributed by atoms with Crippen LogP contribution in [0.5, 0.6) is 0 Å². The van der Waals surface area contributed by atoms with Gasteiger partial charge in [-0.05, 0) is 75.6 Å². The summed E-state index contributed by atoms with van der Waals surface area (Å²) in [5, 5.41) is 46.4. The highest BCUT2D eigenvalue weighted by Gasteiger charge is 2.30. The number of benzene rings is 4. The van der Waals surface area contributed by atoms with Gasteiger partial charge in [0.1, 0.15) is 15.0 Å². The molecule has 1 saturated heterocycles. The Kier molecular flexibility index (Phi) is 27.1. The maximum atomic E-state index is 11.8. The summed E-state index contributed by atoms with van der Waals surface area (Å²) in [5.74, 6) is 0. The van der Waals surface area contributed by atoms with Crippen LogP contribution in [-0.4, -0.2) is 49.0 Å². The van der Waals surface area contributed by atoms with Crippen LogP contribution in [0.3, 0.4) is 0 Å². The lowest BCUT2D eigenvalue weighted by atomic mass is 9.97. The molecule has 22 heteroatoms. The zero-order valence-electron chi connectivity index (χ0n) is 43.4. The van der Waals surface area contributed by atoms with E-state index in [-0.39, 0.29) is 58.8 Å². The van der Waals surface area contributed by atoms with E-state index < -0.39 is 52.1 Å². The van der Waals surface area contributed by atoms with E-state index in [2.05, 4.69) is 6.14 Å². The summed E-state index contributed by atoms with van der Waals surface area (Å²) < 4.78 is 71.4. The summed E-state index contributed by atoms with van der Waals surface area (Å²) in [4.78, 5) is 42.9. The Morgan fingerprint density at radius 3 is 1.04 bits per heavy atom. The summed E-state index contributed by atoms with van der Waals surface area (Å²) in [6.45, 7) is 22.4. The zero-order chi connectivity index (χ0) is 54.9. The first-order valence-electron chi connectivity index (χ1n) is 22.9. The molecule has 0 bridgehead atoms. The van der Waals surface area contributed by atoms with E-state index in [0.717, 1.165) is 23.6 Å². The Balaban J connectivity index is 0.